The molecule has 0 aromatic heterocycles. The first kappa shape index (κ1) is 15.6. The SMILES string of the molecule is CC[C@](O)(CNS(=O)(=O)CC)c1ccc(Br)cc1. The fourth-order valence-corrected chi connectivity index (χ4v) is 2.45. The zero-order chi connectivity index (χ0) is 13.8. The van der Waals surface area contributed by atoms with E-state index in [1.165, 1.54) is 0 Å². The van der Waals surface area contributed by atoms with E-state index in [9.17, 15) is 13.5 Å². The molecular formula is C12H18BrNO3S. The maximum Gasteiger partial charge on any atom is 0.211 e. The van der Waals surface area contributed by atoms with Crippen LogP contribution in [0.1, 0.15) is 25.8 Å². The molecule has 0 bridgehead atoms. The third-order valence-corrected chi connectivity index (χ3v) is 4.80. The normalized spacial score (nSPS) is 15.3. The molecule has 4 nitrogen and oxygen atoms in total. The van der Waals surface area contributed by atoms with Gasteiger partial charge in [0.2, 0.25) is 10.0 Å². The summed E-state index contributed by atoms with van der Waals surface area (Å²) in [6.45, 7) is 3.37. The van der Waals surface area contributed by atoms with Crippen LogP contribution in [0.4, 0.5) is 0 Å². The van der Waals surface area contributed by atoms with Gasteiger partial charge in [-0.3, -0.25) is 0 Å². The molecule has 0 aliphatic carbocycles. The Labute approximate surface area is 117 Å². The average Bonchev–Trinajstić information content (AvgIpc) is 2.37. The van der Waals surface area contributed by atoms with Crippen molar-refractivity contribution < 1.29 is 13.5 Å². The summed E-state index contributed by atoms with van der Waals surface area (Å²) in [7, 11) is -3.30. The van der Waals surface area contributed by atoms with E-state index in [1.807, 2.05) is 19.1 Å². The topological polar surface area (TPSA) is 66.4 Å². The summed E-state index contributed by atoms with van der Waals surface area (Å²) in [4.78, 5) is 0. The maximum absolute atomic E-state index is 11.4. The monoisotopic (exact) mass is 335 g/mol. The molecule has 18 heavy (non-hydrogen) atoms. The van der Waals surface area contributed by atoms with Crippen molar-refractivity contribution in [3.63, 3.8) is 0 Å². The summed E-state index contributed by atoms with van der Waals surface area (Å²) in [5, 5.41) is 10.5. The third kappa shape index (κ3) is 4.05. The summed E-state index contributed by atoms with van der Waals surface area (Å²) >= 11 is 3.32. The van der Waals surface area contributed by atoms with Gasteiger partial charge in [0.1, 0.15) is 5.60 Å². The number of aliphatic hydroxyl groups is 1. The smallest absolute Gasteiger partial charge is 0.211 e. The van der Waals surface area contributed by atoms with Gasteiger partial charge in [0.25, 0.3) is 0 Å². The summed E-state index contributed by atoms with van der Waals surface area (Å²) in [6, 6.07) is 7.22. The van der Waals surface area contributed by atoms with E-state index in [1.54, 1.807) is 19.1 Å². The van der Waals surface area contributed by atoms with E-state index in [0.717, 1.165) is 4.47 Å². The Morgan fingerprint density at radius 1 is 1.28 bits per heavy atom. The minimum absolute atomic E-state index is 0.00708. The highest BCUT2D eigenvalue weighted by molar-refractivity contribution is 9.10. The van der Waals surface area contributed by atoms with E-state index < -0.39 is 15.6 Å². The van der Waals surface area contributed by atoms with Crippen molar-refractivity contribution in [1.82, 2.24) is 4.72 Å². The van der Waals surface area contributed by atoms with Gasteiger partial charge in [0, 0.05) is 11.0 Å². The molecule has 0 spiro atoms. The lowest BCUT2D eigenvalue weighted by molar-refractivity contribution is 0.0380. The summed E-state index contributed by atoms with van der Waals surface area (Å²) in [5.41, 5.74) is -0.477. The number of rotatable bonds is 6. The fourth-order valence-electron chi connectivity index (χ4n) is 1.52. The number of halogens is 1. The van der Waals surface area contributed by atoms with Crippen LogP contribution in [0.3, 0.4) is 0 Å². The summed E-state index contributed by atoms with van der Waals surface area (Å²) in [6.07, 6.45) is 0.431. The van der Waals surface area contributed by atoms with Crippen molar-refractivity contribution in [2.45, 2.75) is 25.9 Å². The van der Waals surface area contributed by atoms with Gasteiger partial charge in [0.15, 0.2) is 0 Å². The van der Waals surface area contributed by atoms with E-state index in [4.69, 9.17) is 0 Å². The maximum atomic E-state index is 11.4. The molecule has 0 unspecified atom stereocenters. The van der Waals surface area contributed by atoms with Gasteiger partial charge in [-0.15, -0.1) is 0 Å². The average molecular weight is 336 g/mol. The van der Waals surface area contributed by atoms with E-state index >= 15 is 0 Å². The highest BCUT2D eigenvalue weighted by Crippen LogP contribution is 2.25. The molecule has 0 radical (unpaired) electrons. The lowest BCUT2D eigenvalue weighted by Crippen LogP contribution is -2.40. The highest BCUT2D eigenvalue weighted by atomic mass is 79.9. The molecular weight excluding hydrogens is 318 g/mol. The van der Waals surface area contributed by atoms with Crippen LogP contribution in [0.15, 0.2) is 28.7 Å². The van der Waals surface area contributed by atoms with Crippen molar-refractivity contribution in [2.24, 2.45) is 0 Å². The van der Waals surface area contributed by atoms with Crippen molar-refractivity contribution >= 4 is 26.0 Å². The molecule has 2 N–H and O–H groups in total. The number of sulfonamides is 1. The second kappa shape index (κ2) is 6.14. The van der Waals surface area contributed by atoms with E-state index in [-0.39, 0.29) is 12.3 Å². The second-order valence-corrected chi connectivity index (χ2v) is 7.13. The highest BCUT2D eigenvalue weighted by Gasteiger charge is 2.28. The lowest BCUT2D eigenvalue weighted by atomic mass is 9.91. The van der Waals surface area contributed by atoms with Crippen LogP contribution >= 0.6 is 15.9 Å². The van der Waals surface area contributed by atoms with Gasteiger partial charge >= 0.3 is 0 Å². The van der Waals surface area contributed by atoms with E-state index in [0.29, 0.717) is 12.0 Å². The standard InChI is InChI=1S/C12H18BrNO3S/c1-3-12(15,9-14-18(16,17)4-2)10-5-7-11(13)8-6-10/h5-8,14-15H,3-4,9H2,1-2H3/t12-/m0/s1. The quantitative estimate of drug-likeness (QED) is 0.835. The summed E-state index contributed by atoms with van der Waals surface area (Å²) in [5.74, 6) is 0.00708. The van der Waals surface area contributed by atoms with Gasteiger partial charge in [-0.25, -0.2) is 13.1 Å². The van der Waals surface area contributed by atoms with Gasteiger partial charge in [-0.05, 0) is 31.0 Å². The molecule has 102 valence electrons. The van der Waals surface area contributed by atoms with Crippen molar-refractivity contribution in [3.05, 3.63) is 34.3 Å². The number of hydrogen-bond donors (Lipinski definition) is 2. The predicted molar refractivity (Wildman–Crippen MR) is 75.8 cm³/mol. The zero-order valence-corrected chi connectivity index (χ0v) is 12.9. The molecule has 6 heteroatoms. The van der Waals surface area contributed by atoms with Gasteiger partial charge in [-0.2, -0.15) is 0 Å². The molecule has 0 saturated carbocycles. The first-order valence-corrected chi connectivity index (χ1v) is 8.23. The molecule has 0 aliphatic rings. The zero-order valence-electron chi connectivity index (χ0n) is 10.5. The number of nitrogens with one attached hydrogen (secondary N) is 1. The van der Waals surface area contributed by atoms with Crippen LogP contribution in [0, 0.1) is 0 Å². The second-order valence-electron chi connectivity index (χ2n) is 4.12. The molecule has 0 fully saturated rings. The molecule has 0 heterocycles. The number of benzene rings is 1. The largest absolute Gasteiger partial charge is 0.384 e. The Morgan fingerprint density at radius 3 is 2.28 bits per heavy atom. The molecule has 0 aliphatic heterocycles. The van der Waals surface area contributed by atoms with E-state index in [2.05, 4.69) is 20.7 Å². The first-order valence-electron chi connectivity index (χ1n) is 5.78. The third-order valence-electron chi connectivity index (χ3n) is 2.93. The van der Waals surface area contributed by atoms with Crippen molar-refractivity contribution in [2.75, 3.05) is 12.3 Å². The fraction of sp³-hybridized carbons (Fsp3) is 0.500. The minimum Gasteiger partial charge on any atom is -0.384 e. The van der Waals surface area contributed by atoms with Crippen LogP contribution < -0.4 is 4.72 Å². The van der Waals surface area contributed by atoms with Crippen LogP contribution in [-0.2, 0) is 15.6 Å². The van der Waals surface area contributed by atoms with Crippen LogP contribution in [0.5, 0.6) is 0 Å². The summed E-state index contributed by atoms with van der Waals surface area (Å²) < 4.78 is 26.2. The van der Waals surface area contributed by atoms with Gasteiger partial charge < -0.3 is 5.11 Å². The van der Waals surface area contributed by atoms with Gasteiger partial charge in [0.05, 0.1) is 5.75 Å². The molecule has 1 aromatic rings. The lowest BCUT2D eigenvalue weighted by Gasteiger charge is -2.27. The van der Waals surface area contributed by atoms with Crippen molar-refractivity contribution in [1.29, 1.82) is 0 Å². The Balaban J connectivity index is 2.89. The Kier molecular flexibility index (Phi) is 5.33. The van der Waals surface area contributed by atoms with Crippen molar-refractivity contribution in [3.8, 4) is 0 Å². The van der Waals surface area contributed by atoms with Crippen LogP contribution in [-0.4, -0.2) is 25.8 Å². The number of hydrogen-bond acceptors (Lipinski definition) is 3. The molecule has 1 rings (SSSR count). The Morgan fingerprint density at radius 2 is 1.83 bits per heavy atom. The first-order chi connectivity index (χ1) is 8.33. The predicted octanol–water partition coefficient (Wildman–Crippen LogP) is 1.99. The van der Waals surface area contributed by atoms with Crippen LogP contribution in [0.25, 0.3) is 0 Å². The Bertz CT molecular complexity index is 487. The molecule has 0 saturated heterocycles. The molecule has 1 atom stereocenters. The Hall–Kier alpha value is -0.430. The van der Waals surface area contributed by atoms with Crippen LogP contribution in [0.2, 0.25) is 0 Å². The van der Waals surface area contributed by atoms with Gasteiger partial charge in [-0.1, -0.05) is 35.0 Å². The molecule has 1 aromatic carbocycles. The minimum atomic E-state index is -3.30. The molecule has 0 amide bonds.